The Kier molecular flexibility index (Phi) is 4.06. The number of nitrogens with one attached hydrogen (secondary N) is 1. The van der Waals surface area contributed by atoms with E-state index < -0.39 is 15.9 Å². The van der Waals surface area contributed by atoms with Crippen molar-refractivity contribution >= 4 is 33.0 Å². The van der Waals surface area contributed by atoms with Crippen LogP contribution in [-0.4, -0.2) is 23.7 Å². The molecule has 1 aromatic carbocycles. The number of carbonyl (C=O) groups excluding carboxylic acids is 1. The SMILES string of the molecule is O=C(NS(=O)(=O)Cc1ccccc1Cl)c1ncc2ccccn12. The largest absolute Gasteiger partial charge is 0.301 e. The molecule has 23 heavy (non-hydrogen) atoms. The van der Waals surface area contributed by atoms with Gasteiger partial charge in [0, 0.05) is 11.2 Å². The fourth-order valence-corrected chi connectivity index (χ4v) is 3.54. The van der Waals surface area contributed by atoms with Crippen molar-refractivity contribution in [3.8, 4) is 0 Å². The molecule has 2 heterocycles. The standard InChI is InChI=1S/C15H12ClN3O3S/c16-13-7-2-1-5-11(13)10-23(21,22)18-15(20)14-17-9-12-6-3-4-8-19(12)14/h1-9H,10H2,(H,18,20). The molecule has 0 fully saturated rings. The number of carbonyl (C=O) groups is 1. The maximum atomic E-state index is 12.2. The molecule has 2 aromatic heterocycles. The van der Waals surface area contributed by atoms with E-state index in [2.05, 4.69) is 4.98 Å². The van der Waals surface area contributed by atoms with Gasteiger partial charge in [-0.3, -0.25) is 9.20 Å². The van der Waals surface area contributed by atoms with E-state index in [-0.39, 0.29) is 11.6 Å². The number of benzene rings is 1. The van der Waals surface area contributed by atoms with Crippen LogP contribution >= 0.6 is 11.6 Å². The van der Waals surface area contributed by atoms with Crippen molar-refractivity contribution in [1.82, 2.24) is 14.1 Å². The van der Waals surface area contributed by atoms with E-state index in [0.717, 1.165) is 0 Å². The number of amides is 1. The Morgan fingerprint density at radius 2 is 1.91 bits per heavy atom. The number of halogens is 1. The third-order valence-corrected chi connectivity index (χ3v) is 4.75. The van der Waals surface area contributed by atoms with Crippen LogP contribution in [0.15, 0.2) is 54.9 Å². The van der Waals surface area contributed by atoms with Crippen LogP contribution in [0.3, 0.4) is 0 Å². The number of fused-ring (bicyclic) bond motifs is 1. The normalized spacial score (nSPS) is 11.5. The van der Waals surface area contributed by atoms with E-state index in [0.29, 0.717) is 16.1 Å². The van der Waals surface area contributed by atoms with Gasteiger partial charge in [0.1, 0.15) is 0 Å². The molecule has 0 aliphatic carbocycles. The molecule has 118 valence electrons. The average molecular weight is 350 g/mol. The minimum Gasteiger partial charge on any atom is -0.296 e. The molecule has 1 N–H and O–H groups in total. The molecule has 0 radical (unpaired) electrons. The molecule has 0 spiro atoms. The topological polar surface area (TPSA) is 80.5 Å². The molecule has 6 nitrogen and oxygen atoms in total. The maximum absolute atomic E-state index is 12.2. The molecular weight excluding hydrogens is 338 g/mol. The zero-order valence-electron chi connectivity index (χ0n) is 11.8. The lowest BCUT2D eigenvalue weighted by Crippen LogP contribution is -2.33. The van der Waals surface area contributed by atoms with Crippen molar-refractivity contribution in [3.63, 3.8) is 0 Å². The monoisotopic (exact) mass is 349 g/mol. The third kappa shape index (κ3) is 3.35. The lowest BCUT2D eigenvalue weighted by Gasteiger charge is -2.07. The summed E-state index contributed by atoms with van der Waals surface area (Å²) in [6, 6.07) is 11.9. The minimum absolute atomic E-state index is 0.00309. The first-order valence-corrected chi connectivity index (χ1v) is 8.69. The molecule has 0 bridgehead atoms. The fourth-order valence-electron chi connectivity index (χ4n) is 2.16. The van der Waals surface area contributed by atoms with E-state index >= 15 is 0 Å². The summed E-state index contributed by atoms with van der Waals surface area (Å²) in [5.74, 6) is -1.17. The fraction of sp³-hybridized carbons (Fsp3) is 0.0667. The van der Waals surface area contributed by atoms with Crippen molar-refractivity contribution in [3.05, 3.63) is 71.3 Å². The number of aromatic nitrogens is 2. The van der Waals surface area contributed by atoms with E-state index in [1.807, 2.05) is 4.72 Å². The van der Waals surface area contributed by atoms with Crippen LogP contribution in [0.2, 0.25) is 5.02 Å². The third-order valence-electron chi connectivity index (χ3n) is 3.19. The highest BCUT2D eigenvalue weighted by molar-refractivity contribution is 7.89. The molecule has 0 aliphatic heterocycles. The summed E-state index contributed by atoms with van der Waals surface area (Å²) < 4.78 is 27.9. The number of hydrogen-bond donors (Lipinski definition) is 1. The van der Waals surface area contributed by atoms with Crippen LogP contribution < -0.4 is 4.72 Å². The summed E-state index contributed by atoms with van der Waals surface area (Å²) in [7, 11) is -3.89. The van der Waals surface area contributed by atoms with Crippen LogP contribution in [0, 0.1) is 0 Å². The van der Waals surface area contributed by atoms with Crippen molar-refractivity contribution in [2.45, 2.75) is 5.75 Å². The predicted molar refractivity (Wildman–Crippen MR) is 86.7 cm³/mol. The van der Waals surface area contributed by atoms with E-state index in [9.17, 15) is 13.2 Å². The van der Waals surface area contributed by atoms with E-state index in [1.165, 1.54) is 10.6 Å². The number of rotatable bonds is 4. The van der Waals surface area contributed by atoms with Crippen LogP contribution in [0.1, 0.15) is 16.2 Å². The van der Waals surface area contributed by atoms with Gasteiger partial charge in [0.2, 0.25) is 15.8 Å². The molecule has 3 aromatic rings. The Morgan fingerprint density at radius 1 is 1.17 bits per heavy atom. The van der Waals surface area contributed by atoms with Gasteiger partial charge in [-0.05, 0) is 23.8 Å². The Hall–Kier alpha value is -2.38. The van der Waals surface area contributed by atoms with Crippen LogP contribution in [0.5, 0.6) is 0 Å². The molecule has 0 unspecified atom stereocenters. The summed E-state index contributed by atoms with van der Waals surface area (Å²) in [5, 5.41) is 0.330. The lowest BCUT2D eigenvalue weighted by atomic mass is 10.2. The molecule has 3 rings (SSSR count). The molecule has 0 saturated heterocycles. The van der Waals surface area contributed by atoms with Gasteiger partial charge in [0.15, 0.2) is 0 Å². The highest BCUT2D eigenvalue weighted by Crippen LogP contribution is 2.17. The van der Waals surface area contributed by atoms with Crippen molar-refractivity contribution in [2.24, 2.45) is 0 Å². The van der Waals surface area contributed by atoms with Crippen LogP contribution in [0.25, 0.3) is 5.52 Å². The molecule has 1 amide bonds. The van der Waals surface area contributed by atoms with Crippen molar-refractivity contribution in [2.75, 3.05) is 0 Å². The first-order valence-electron chi connectivity index (χ1n) is 6.66. The van der Waals surface area contributed by atoms with Gasteiger partial charge in [-0.25, -0.2) is 18.1 Å². The molecular formula is C15H12ClN3O3S. The number of imidazole rings is 1. The summed E-state index contributed by atoms with van der Waals surface area (Å²) in [5.41, 5.74) is 1.11. The second kappa shape index (κ2) is 6.02. The van der Waals surface area contributed by atoms with Gasteiger partial charge in [-0.1, -0.05) is 35.9 Å². The van der Waals surface area contributed by atoms with E-state index in [4.69, 9.17) is 11.6 Å². The van der Waals surface area contributed by atoms with Crippen LogP contribution in [-0.2, 0) is 15.8 Å². The smallest absolute Gasteiger partial charge is 0.296 e. The first-order chi connectivity index (χ1) is 11.0. The number of sulfonamides is 1. The van der Waals surface area contributed by atoms with Crippen molar-refractivity contribution in [1.29, 1.82) is 0 Å². The van der Waals surface area contributed by atoms with Gasteiger partial charge in [0.25, 0.3) is 0 Å². The highest BCUT2D eigenvalue weighted by Gasteiger charge is 2.21. The Morgan fingerprint density at radius 3 is 2.70 bits per heavy atom. The Balaban J connectivity index is 1.83. The van der Waals surface area contributed by atoms with Gasteiger partial charge < -0.3 is 0 Å². The average Bonchev–Trinajstić information content (AvgIpc) is 2.93. The molecule has 0 atom stereocenters. The Bertz CT molecular complexity index is 982. The lowest BCUT2D eigenvalue weighted by molar-refractivity contribution is 0.0971. The van der Waals surface area contributed by atoms with Gasteiger partial charge >= 0.3 is 5.91 Å². The van der Waals surface area contributed by atoms with Gasteiger partial charge in [-0.15, -0.1) is 0 Å². The Labute approximate surface area is 137 Å². The maximum Gasteiger partial charge on any atom is 0.301 e. The number of hydrogen-bond acceptors (Lipinski definition) is 4. The summed E-state index contributed by atoms with van der Waals surface area (Å²) in [6.07, 6.45) is 3.13. The first kappa shape index (κ1) is 15.5. The highest BCUT2D eigenvalue weighted by atomic mass is 35.5. The second-order valence-corrected chi connectivity index (χ2v) is 6.99. The predicted octanol–water partition coefficient (Wildman–Crippen LogP) is 2.25. The second-order valence-electron chi connectivity index (χ2n) is 4.86. The number of nitrogens with zero attached hydrogens (tertiary/aromatic N) is 2. The molecule has 8 heteroatoms. The summed E-state index contributed by atoms with van der Waals surface area (Å²) >= 11 is 5.95. The number of pyridine rings is 1. The molecule has 0 saturated carbocycles. The minimum atomic E-state index is -3.89. The van der Waals surface area contributed by atoms with Crippen molar-refractivity contribution < 1.29 is 13.2 Å². The summed E-state index contributed by atoms with van der Waals surface area (Å²) in [4.78, 5) is 16.2. The van der Waals surface area contributed by atoms with E-state index in [1.54, 1.807) is 48.7 Å². The van der Waals surface area contributed by atoms with Gasteiger partial charge in [-0.2, -0.15) is 0 Å². The summed E-state index contributed by atoms with van der Waals surface area (Å²) in [6.45, 7) is 0. The zero-order valence-corrected chi connectivity index (χ0v) is 13.4. The quantitative estimate of drug-likeness (QED) is 0.783. The molecule has 0 aliphatic rings. The van der Waals surface area contributed by atoms with Gasteiger partial charge in [0.05, 0.1) is 17.5 Å². The van der Waals surface area contributed by atoms with Crippen LogP contribution in [0.4, 0.5) is 0 Å². The zero-order chi connectivity index (χ0) is 16.4.